The van der Waals surface area contributed by atoms with Gasteiger partial charge in [-0.3, -0.25) is 4.79 Å². The van der Waals surface area contributed by atoms with Crippen LogP contribution in [0.5, 0.6) is 0 Å². The summed E-state index contributed by atoms with van der Waals surface area (Å²) in [6.07, 6.45) is 4.95. The van der Waals surface area contributed by atoms with Gasteiger partial charge in [-0.15, -0.1) is 12.4 Å². The van der Waals surface area contributed by atoms with Crippen molar-refractivity contribution < 1.29 is 4.79 Å². The van der Waals surface area contributed by atoms with Gasteiger partial charge in [-0.05, 0) is 17.7 Å². The second-order valence-electron chi connectivity index (χ2n) is 2.33. The van der Waals surface area contributed by atoms with Crippen LogP contribution in [0.4, 0.5) is 0 Å². The number of dihydropyridines is 1. The van der Waals surface area contributed by atoms with E-state index in [0.29, 0.717) is 5.84 Å². The fraction of sp³-hybridized carbons (Fsp3) is 0.143. The third kappa shape index (κ3) is 1.84. The highest BCUT2D eigenvalue weighted by Gasteiger charge is 2.26. The molecule has 0 aromatic carbocycles. The molecule has 0 bridgehead atoms. The maximum atomic E-state index is 11.2. The molecule has 2 rings (SSSR count). The van der Waals surface area contributed by atoms with E-state index in [1.807, 2.05) is 0 Å². The summed E-state index contributed by atoms with van der Waals surface area (Å²) in [5, 5.41) is -0.0429. The van der Waals surface area contributed by atoms with Crippen LogP contribution in [0.15, 0.2) is 27.1 Å². The second-order valence-corrected chi connectivity index (χ2v) is 2.67. The number of hydrogen-bond acceptors (Lipinski definition) is 3. The van der Waals surface area contributed by atoms with Crippen molar-refractivity contribution in [2.24, 2.45) is 20.9 Å². The first kappa shape index (κ1) is 10.1. The highest BCUT2D eigenvalue weighted by molar-refractivity contribution is 6.67. The van der Waals surface area contributed by atoms with Crippen molar-refractivity contribution in [1.29, 1.82) is 0 Å². The van der Waals surface area contributed by atoms with Gasteiger partial charge in [0.05, 0.1) is 0 Å². The molecule has 0 N–H and O–H groups in total. The number of nitrogens with zero attached hydrogens (tertiary/aromatic N) is 3. The summed E-state index contributed by atoms with van der Waals surface area (Å²) in [6.45, 7) is 0. The lowest BCUT2D eigenvalue weighted by molar-refractivity contribution is -0.118. The zero-order valence-corrected chi connectivity index (χ0v) is 7.92. The van der Waals surface area contributed by atoms with E-state index >= 15 is 0 Å². The Morgan fingerprint density at radius 3 is 2.92 bits per heavy atom. The fourth-order valence-electron chi connectivity index (χ4n) is 1.02. The van der Waals surface area contributed by atoms with E-state index in [9.17, 15) is 4.79 Å². The van der Waals surface area contributed by atoms with Crippen LogP contribution in [0, 0.1) is 5.92 Å². The average molecular weight is 218 g/mol. The third-order valence-electron chi connectivity index (χ3n) is 1.55. The highest BCUT2D eigenvalue weighted by atomic mass is 35.5. The number of amidine groups is 2. The van der Waals surface area contributed by atoms with Gasteiger partial charge in [0.25, 0.3) is 5.91 Å². The molecule has 0 fully saturated rings. The number of carbonyl (C=O) groups excluding carboxylic acids is 1. The molecule has 1 atom stereocenters. The smallest absolute Gasteiger partial charge is 0.263 e. The van der Waals surface area contributed by atoms with Crippen molar-refractivity contribution in [2.75, 3.05) is 0 Å². The Kier molecular flexibility index (Phi) is 2.95. The molecule has 1 amide bonds. The lowest BCUT2D eigenvalue weighted by Gasteiger charge is -2.13. The van der Waals surface area contributed by atoms with E-state index in [1.54, 1.807) is 18.4 Å². The molecular formula is C7H5Cl2N3O. The van der Waals surface area contributed by atoms with E-state index in [2.05, 4.69) is 15.0 Å². The molecule has 0 aliphatic carbocycles. The van der Waals surface area contributed by atoms with Crippen LogP contribution in [0.2, 0.25) is 0 Å². The number of amides is 1. The topological polar surface area (TPSA) is 54.1 Å². The predicted molar refractivity (Wildman–Crippen MR) is 54.1 cm³/mol. The van der Waals surface area contributed by atoms with Gasteiger partial charge in [-0.2, -0.15) is 4.99 Å². The highest BCUT2D eigenvalue weighted by Crippen LogP contribution is 2.15. The molecule has 0 aromatic rings. The predicted octanol–water partition coefficient (Wildman–Crippen LogP) is 1.20. The van der Waals surface area contributed by atoms with Crippen LogP contribution in [-0.4, -0.2) is 23.3 Å². The number of hydrogen-bond donors (Lipinski definition) is 0. The van der Waals surface area contributed by atoms with E-state index in [4.69, 9.17) is 11.6 Å². The maximum absolute atomic E-state index is 11.2. The zero-order chi connectivity index (χ0) is 8.55. The van der Waals surface area contributed by atoms with Gasteiger partial charge in [0, 0.05) is 6.21 Å². The van der Waals surface area contributed by atoms with Crippen molar-refractivity contribution in [3.05, 3.63) is 12.2 Å². The number of fused-ring (bicyclic) bond motifs is 1. The summed E-state index contributed by atoms with van der Waals surface area (Å²) < 4.78 is 0. The lowest BCUT2D eigenvalue weighted by Crippen LogP contribution is -2.26. The Morgan fingerprint density at radius 2 is 2.15 bits per heavy atom. The summed E-state index contributed by atoms with van der Waals surface area (Å²) in [7, 11) is 0. The normalized spacial score (nSPS) is 24.4. The van der Waals surface area contributed by atoms with Gasteiger partial charge in [0.1, 0.15) is 11.8 Å². The number of allylic oxidation sites excluding steroid dienone is 1. The Bertz CT molecular complexity index is 357. The third-order valence-corrected chi connectivity index (χ3v) is 1.72. The Hall–Kier alpha value is -1.00. The van der Waals surface area contributed by atoms with Crippen LogP contribution in [0.3, 0.4) is 0 Å². The molecule has 2 aliphatic heterocycles. The van der Waals surface area contributed by atoms with Crippen molar-refractivity contribution in [2.45, 2.75) is 0 Å². The SMILES string of the molecule is Cl.O=C1N=C(Cl)N=C2N=CC=CC12. The molecule has 6 heteroatoms. The Labute approximate surface area is 85.5 Å². The van der Waals surface area contributed by atoms with Crippen molar-refractivity contribution >= 4 is 47.3 Å². The Balaban J connectivity index is 0.000000845. The minimum Gasteiger partial charge on any atom is -0.271 e. The number of halogens is 2. The first-order valence-electron chi connectivity index (χ1n) is 3.35. The Morgan fingerprint density at radius 1 is 1.38 bits per heavy atom. The molecule has 0 aromatic heterocycles. The largest absolute Gasteiger partial charge is 0.271 e. The monoisotopic (exact) mass is 217 g/mol. The first-order valence-corrected chi connectivity index (χ1v) is 3.72. The van der Waals surface area contributed by atoms with E-state index in [0.717, 1.165) is 0 Å². The number of aliphatic imine (C=N–C) groups is 3. The lowest BCUT2D eigenvalue weighted by atomic mass is 10.1. The van der Waals surface area contributed by atoms with Gasteiger partial charge in [0.15, 0.2) is 0 Å². The summed E-state index contributed by atoms with van der Waals surface area (Å²) in [5.41, 5.74) is 0. The van der Waals surface area contributed by atoms with E-state index in [-0.39, 0.29) is 23.6 Å². The molecule has 2 aliphatic rings. The molecule has 1 unspecified atom stereocenters. The molecule has 0 spiro atoms. The molecule has 0 saturated carbocycles. The summed E-state index contributed by atoms with van der Waals surface area (Å²) in [6, 6.07) is 0. The summed E-state index contributed by atoms with van der Waals surface area (Å²) in [4.78, 5) is 22.4. The summed E-state index contributed by atoms with van der Waals surface area (Å²) in [5.74, 6) is -0.321. The van der Waals surface area contributed by atoms with E-state index in [1.165, 1.54) is 0 Å². The van der Waals surface area contributed by atoms with Crippen LogP contribution < -0.4 is 0 Å². The number of carbonyl (C=O) groups is 1. The molecule has 68 valence electrons. The molecule has 0 saturated heterocycles. The molecule has 4 nitrogen and oxygen atoms in total. The quantitative estimate of drug-likeness (QED) is 0.563. The van der Waals surface area contributed by atoms with Gasteiger partial charge < -0.3 is 0 Å². The fourth-order valence-corrected chi connectivity index (χ4v) is 1.19. The van der Waals surface area contributed by atoms with Gasteiger partial charge in [0.2, 0.25) is 5.29 Å². The van der Waals surface area contributed by atoms with Crippen molar-refractivity contribution in [3.63, 3.8) is 0 Å². The maximum Gasteiger partial charge on any atom is 0.263 e. The molecular weight excluding hydrogens is 213 g/mol. The average Bonchev–Trinajstić information content (AvgIpc) is 2.04. The van der Waals surface area contributed by atoms with Crippen LogP contribution in [-0.2, 0) is 4.79 Å². The van der Waals surface area contributed by atoms with Crippen LogP contribution in [0.1, 0.15) is 0 Å². The standard InChI is InChI=1S/C7H4ClN3O.ClH/c8-7-10-5-4(6(12)11-7)2-1-3-9-5;/h1-4H;1H. The zero-order valence-electron chi connectivity index (χ0n) is 6.35. The van der Waals surface area contributed by atoms with Crippen LogP contribution in [0.25, 0.3) is 0 Å². The second kappa shape index (κ2) is 3.81. The van der Waals surface area contributed by atoms with Gasteiger partial charge in [-0.25, -0.2) is 9.98 Å². The number of rotatable bonds is 0. The van der Waals surface area contributed by atoms with Crippen molar-refractivity contribution in [1.82, 2.24) is 0 Å². The van der Waals surface area contributed by atoms with E-state index < -0.39 is 5.92 Å². The molecule has 2 heterocycles. The molecule has 13 heavy (non-hydrogen) atoms. The first-order chi connectivity index (χ1) is 5.77. The van der Waals surface area contributed by atoms with Gasteiger partial charge >= 0.3 is 0 Å². The van der Waals surface area contributed by atoms with Crippen molar-refractivity contribution in [3.8, 4) is 0 Å². The molecule has 0 radical (unpaired) electrons. The minimum atomic E-state index is -0.433. The summed E-state index contributed by atoms with van der Waals surface area (Å²) >= 11 is 5.48. The van der Waals surface area contributed by atoms with Gasteiger partial charge in [-0.1, -0.05) is 6.08 Å². The minimum absolute atomic E-state index is 0. The van der Waals surface area contributed by atoms with Crippen LogP contribution >= 0.6 is 24.0 Å².